The fraction of sp³-hybridized carbons (Fsp3) is 0.588. The molecular weight excluding hydrogens is 300 g/mol. The summed E-state index contributed by atoms with van der Waals surface area (Å²) in [4.78, 5) is 14.6. The molecule has 1 aliphatic rings. The van der Waals surface area contributed by atoms with E-state index in [1.54, 1.807) is 7.11 Å². The molecule has 0 aliphatic carbocycles. The van der Waals surface area contributed by atoms with Gasteiger partial charge in [0, 0.05) is 13.1 Å². The number of hydrogen-bond donors (Lipinski definition) is 1. The number of halogens is 1. The van der Waals surface area contributed by atoms with Crippen LogP contribution in [0.2, 0.25) is 0 Å². The van der Waals surface area contributed by atoms with Gasteiger partial charge >= 0.3 is 0 Å². The molecule has 0 spiro atoms. The van der Waals surface area contributed by atoms with Gasteiger partial charge in [-0.15, -0.1) is 11.6 Å². The molecule has 1 heterocycles. The second-order valence-corrected chi connectivity index (χ2v) is 6.22. The van der Waals surface area contributed by atoms with E-state index < -0.39 is 5.38 Å². The molecule has 1 saturated heterocycles. The summed E-state index contributed by atoms with van der Waals surface area (Å²) in [7, 11) is 1.61. The van der Waals surface area contributed by atoms with E-state index in [-0.39, 0.29) is 5.91 Å². The average molecular weight is 325 g/mol. The Morgan fingerprint density at radius 3 is 2.82 bits per heavy atom. The van der Waals surface area contributed by atoms with Crippen molar-refractivity contribution in [1.29, 1.82) is 0 Å². The molecule has 0 bridgehead atoms. The summed E-state index contributed by atoms with van der Waals surface area (Å²) >= 11 is 6.26. The number of ether oxygens (including phenoxy) is 1. The summed E-state index contributed by atoms with van der Waals surface area (Å²) in [5.41, 5.74) is 0.791. The highest BCUT2D eigenvalue weighted by atomic mass is 35.5. The Morgan fingerprint density at radius 1 is 1.45 bits per heavy atom. The lowest BCUT2D eigenvalue weighted by molar-refractivity contribution is -0.121. The number of rotatable bonds is 6. The van der Waals surface area contributed by atoms with E-state index in [1.165, 1.54) is 19.4 Å². The number of alkyl halides is 1. The van der Waals surface area contributed by atoms with Gasteiger partial charge < -0.3 is 15.0 Å². The smallest absolute Gasteiger partial charge is 0.242 e. The molecular formula is C17H25ClN2O2. The zero-order chi connectivity index (χ0) is 15.9. The molecule has 0 aromatic heterocycles. The van der Waals surface area contributed by atoms with E-state index in [0.717, 1.165) is 24.4 Å². The topological polar surface area (TPSA) is 41.6 Å². The van der Waals surface area contributed by atoms with Gasteiger partial charge in [0.1, 0.15) is 11.1 Å². The molecule has 1 N–H and O–H groups in total. The maximum atomic E-state index is 12.2. The van der Waals surface area contributed by atoms with Crippen molar-refractivity contribution in [2.24, 2.45) is 5.92 Å². The van der Waals surface area contributed by atoms with Crippen LogP contribution in [0.5, 0.6) is 5.75 Å². The van der Waals surface area contributed by atoms with Gasteiger partial charge in [-0.25, -0.2) is 0 Å². The van der Waals surface area contributed by atoms with Crippen LogP contribution in [-0.2, 0) is 4.79 Å². The van der Waals surface area contributed by atoms with Gasteiger partial charge in [0.15, 0.2) is 0 Å². The molecule has 2 rings (SSSR count). The molecule has 1 aromatic rings. The van der Waals surface area contributed by atoms with Gasteiger partial charge in [0.2, 0.25) is 5.91 Å². The number of hydrogen-bond acceptors (Lipinski definition) is 3. The minimum Gasteiger partial charge on any atom is -0.497 e. The normalized spacial score (nSPS) is 20.4. The minimum absolute atomic E-state index is 0.125. The predicted molar refractivity (Wildman–Crippen MR) is 89.4 cm³/mol. The van der Waals surface area contributed by atoms with Crippen molar-refractivity contribution in [3.8, 4) is 5.75 Å². The summed E-state index contributed by atoms with van der Waals surface area (Å²) in [6.45, 7) is 6.19. The number of amides is 1. The molecule has 0 radical (unpaired) electrons. The fourth-order valence-corrected chi connectivity index (χ4v) is 3.09. The standard InChI is InChI=1S/C17H25ClN2O2/c1-3-20-10-4-5-13(12-20)11-19-17(21)16(18)14-6-8-15(22-2)9-7-14/h6-9,13,16H,3-5,10-12H2,1-2H3,(H,19,21). The highest BCUT2D eigenvalue weighted by Gasteiger charge is 2.22. The van der Waals surface area contributed by atoms with Crippen molar-refractivity contribution >= 4 is 17.5 Å². The van der Waals surface area contributed by atoms with E-state index >= 15 is 0 Å². The third-order valence-electron chi connectivity index (χ3n) is 4.25. The number of nitrogens with one attached hydrogen (secondary N) is 1. The monoisotopic (exact) mass is 324 g/mol. The van der Waals surface area contributed by atoms with Gasteiger partial charge in [0.25, 0.3) is 0 Å². The molecule has 2 atom stereocenters. The van der Waals surface area contributed by atoms with Crippen LogP contribution in [-0.4, -0.2) is 44.1 Å². The molecule has 122 valence electrons. The van der Waals surface area contributed by atoms with E-state index in [2.05, 4.69) is 17.1 Å². The molecule has 0 saturated carbocycles. The SMILES string of the molecule is CCN1CCCC(CNC(=O)C(Cl)c2ccc(OC)cc2)C1. The number of carbonyl (C=O) groups excluding carboxylic acids is 1. The number of carbonyl (C=O) groups is 1. The van der Waals surface area contributed by atoms with Crippen molar-refractivity contribution in [1.82, 2.24) is 10.2 Å². The number of likely N-dealkylation sites (tertiary alicyclic amines) is 1. The Labute approximate surface area is 137 Å². The first-order chi connectivity index (χ1) is 10.6. The second kappa shape index (κ2) is 8.39. The Kier molecular flexibility index (Phi) is 6.52. The number of benzene rings is 1. The van der Waals surface area contributed by atoms with Crippen LogP contribution < -0.4 is 10.1 Å². The number of piperidine rings is 1. The van der Waals surface area contributed by atoms with Crippen LogP contribution in [0.15, 0.2) is 24.3 Å². The summed E-state index contributed by atoms with van der Waals surface area (Å²) in [6.07, 6.45) is 2.38. The Balaban J connectivity index is 1.83. The molecule has 2 unspecified atom stereocenters. The Hall–Kier alpha value is -1.26. The lowest BCUT2D eigenvalue weighted by Gasteiger charge is -2.32. The average Bonchev–Trinajstić information content (AvgIpc) is 2.59. The minimum atomic E-state index is -0.656. The molecule has 1 aliphatic heterocycles. The maximum Gasteiger partial charge on any atom is 0.242 e. The first-order valence-electron chi connectivity index (χ1n) is 7.92. The van der Waals surface area contributed by atoms with Crippen LogP contribution >= 0.6 is 11.6 Å². The first-order valence-corrected chi connectivity index (χ1v) is 8.35. The summed E-state index contributed by atoms with van der Waals surface area (Å²) in [5, 5.41) is 2.34. The number of methoxy groups -OCH3 is 1. The predicted octanol–water partition coefficient (Wildman–Crippen LogP) is 2.82. The van der Waals surface area contributed by atoms with Crippen molar-refractivity contribution in [2.45, 2.75) is 25.1 Å². The third-order valence-corrected chi connectivity index (χ3v) is 4.70. The third kappa shape index (κ3) is 4.62. The zero-order valence-electron chi connectivity index (χ0n) is 13.3. The van der Waals surface area contributed by atoms with E-state index in [1.807, 2.05) is 24.3 Å². The summed E-state index contributed by atoms with van der Waals surface area (Å²) in [5.74, 6) is 1.16. The first kappa shape index (κ1) is 17.1. The molecule has 1 aromatic carbocycles. The number of nitrogens with zero attached hydrogens (tertiary/aromatic N) is 1. The Morgan fingerprint density at radius 2 is 2.18 bits per heavy atom. The molecule has 1 fully saturated rings. The van der Waals surface area contributed by atoms with Crippen molar-refractivity contribution < 1.29 is 9.53 Å². The van der Waals surface area contributed by atoms with Crippen LogP contribution in [0.25, 0.3) is 0 Å². The fourth-order valence-electron chi connectivity index (χ4n) is 2.86. The maximum absolute atomic E-state index is 12.2. The van der Waals surface area contributed by atoms with Crippen molar-refractivity contribution in [3.05, 3.63) is 29.8 Å². The highest BCUT2D eigenvalue weighted by Crippen LogP contribution is 2.23. The second-order valence-electron chi connectivity index (χ2n) is 5.78. The zero-order valence-corrected chi connectivity index (χ0v) is 14.1. The Bertz CT molecular complexity index is 478. The van der Waals surface area contributed by atoms with Gasteiger partial charge in [-0.2, -0.15) is 0 Å². The van der Waals surface area contributed by atoms with Crippen LogP contribution in [0.4, 0.5) is 0 Å². The van der Waals surface area contributed by atoms with E-state index in [9.17, 15) is 4.79 Å². The quantitative estimate of drug-likeness (QED) is 0.818. The van der Waals surface area contributed by atoms with Gasteiger partial charge in [-0.3, -0.25) is 4.79 Å². The van der Waals surface area contributed by atoms with Crippen molar-refractivity contribution in [3.63, 3.8) is 0 Å². The highest BCUT2D eigenvalue weighted by molar-refractivity contribution is 6.30. The van der Waals surface area contributed by atoms with Crippen LogP contribution in [0.1, 0.15) is 30.7 Å². The van der Waals surface area contributed by atoms with Crippen LogP contribution in [0, 0.1) is 5.92 Å². The van der Waals surface area contributed by atoms with Crippen LogP contribution in [0.3, 0.4) is 0 Å². The lowest BCUT2D eigenvalue weighted by atomic mass is 9.98. The largest absolute Gasteiger partial charge is 0.497 e. The van der Waals surface area contributed by atoms with Gasteiger partial charge in [-0.05, 0) is 49.5 Å². The van der Waals surface area contributed by atoms with E-state index in [4.69, 9.17) is 16.3 Å². The van der Waals surface area contributed by atoms with E-state index in [0.29, 0.717) is 12.5 Å². The molecule has 5 heteroatoms. The van der Waals surface area contributed by atoms with Gasteiger partial charge in [-0.1, -0.05) is 19.1 Å². The summed E-state index contributed by atoms with van der Waals surface area (Å²) in [6, 6.07) is 7.29. The molecule has 4 nitrogen and oxygen atoms in total. The molecule has 22 heavy (non-hydrogen) atoms. The summed E-state index contributed by atoms with van der Waals surface area (Å²) < 4.78 is 5.11. The van der Waals surface area contributed by atoms with Crippen molar-refractivity contribution in [2.75, 3.05) is 33.3 Å². The molecule has 1 amide bonds. The van der Waals surface area contributed by atoms with Gasteiger partial charge in [0.05, 0.1) is 7.11 Å². The lowest BCUT2D eigenvalue weighted by Crippen LogP contribution is -2.41.